The lowest BCUT2D eigenvalue weighted by molar-refractivity contribution is -0.141. The Morgan fingerprint density at radius 2 is 0.899 bits per heavy atom. The van der Waals surface area contributed by atoms with E-state index in [1.165, 1.54) is 0 Å². The van der Waals surface area contributed by atoms with Crippen molar-refractivity contribution in [3.8, 4) is 0 Å². The number of aliphatic carboxylic acids is 7. The Morgan fingerprint density at radius 1 is 0.440 bits per heavy atom. The molecule has 0 spiro atoms. The Labute approximate surface area is 637 Å². The Morgan fingerprint density at radius 3 is 1.41 bits per heavy atom. The molecule has 3 atom stereocenters. The van der Waals surface area contributed by atoms with Crippen LogP contribution in [0.15, 0.2) is 24.3 Å². The van der Waals surface area contributed by atoms with Gasteiger partial charge in [-0.25, -0.2) is 14.4 Å². The van der Waals surface area contributed by atoms with Crippen LogP contribution >= 0.6 is 0 Å². The van der Waals surface area contributed by atoms with Crippen LogP contribution in [0.4, 0.5) is 28.3 Å². The van der Waals surface area contributed by atoms with Crippen molar-refractivity contribution in [3.05, 3.63) is 29.8 Å². The predicted octanol–water partition coefficient (Wildman–Crippen LogP) is 1.64. The molecule has 1 aromatic carbocycles. The molecule has 12 N–H and O–H groups in total. The summed E-state index contributed by atoms with van der Waals surface area (Å²) in [4.78, 5) is 132. The molecule has 2 fully saturated rings. The van der Waals surface area contributed by atoms with Crippen molar-refractivity contribution in [2.75, 3.05) is 240 Å². The Balaban J connectivity index is 1.20. The van der Waals surface area contributed by atoms with Crippen LogP contribution in [0.3, 0.4) is 0 Å². The normalized spacial score (nSPS) is 15.8. The van der Waals surface area contributed by atoms with E-state index in [1.807, 2.05) is 36.2 Å². The zero-order valence-corrected chi connectivity index (χ0v) is 63.3. The fraction of sp³-hybridized carbons (Fsp3) is 0.746. The van der Waals surface area contributed by atoms with Crippen LogP contribution < -0.4 is 31.5 Å². The second-order valence-electron chi connectivity index (χ2n) is 26.5. The number of nitrogens with one attached hydrogen (secondary N) is 5. The Bertz CT molecular complexity index is 2910. The van der Waals surface area contributed by atoms with Crippen LogP contribution in [0.2, 0.25) is 0 Å². The van der Waals surface area contributed by atoms with Gasteiger partial charge in [-0.3, -0.25) is 48.4 Å². The highest BCUT2D eigenvalue weighted by Crippen LogP contribution is 2.22. The predicted molar refractivity (Wildman–Crippen MR) is 398 cm³/mol. The molecule has 2 aliphatic rings. The fourth-order valence-electron chi connectivity index (χ4n) is 11.7. The SMILES string of the molecule is CN1CCN(CC(=O)O)CCN(CC(=O)O)CCN(CC(=O)O)C(Cc2ccc(Nc3nc(NCCOCCOCCOCCOCCOCCOCCOCCOCCC(=O)O)nc(N4CCN(CCCCCCCCCCC(=O)NCCCC[C@H](NC(=O)N[C@@H](CCC(=O)O)C(=O)O)C(=O)O)CC4)n3)cc2)C1. The zero-order valence-electron chi connectivity index (χ0n) is 63.3. The van der Waals surface area contributed by atoms with Gasteiger partial charge in [0.05, 0.1) is 132 Å². The molecule has 2 aromatic rings. The van der Waals surface area contributed by atoms with E-state index in [9.17, 15) is 68.7 Å². The van der Waals surface area contributed by atoms with E-state index in [2.05, 4.69) is 41.3 Å². The number of ether oxygens (including phenoxy) is 8. The summed E-state index contributed by atoms with van der Waals surface area (Å²) in [7, 11) is 1.93. The highest BCUT2D eigenvalue weighted by molar-refractivity contribution is 5.86. The van der Waals surface area contributed by atoms with Gasteiger partial charge in [0.2, 0.25) is 23.8 Å². The summed E-state index contributed by atoms with van der Waals surface area (Å²) in [5, 5.41) is 79.5. The standard InChI is InChI=1S/C71H120N14O24/c1-80-24-25-82(52-63(91)92)26-27-83(53-64(93)94)30-33-85(54-65(95)96)57(51-80)50-55-14-16-56(17-15-55)74-69-77-68(73-22-35-103-37-39-105-41-43-107-45-47-109-49-48-108-46-44-106-42-40-104-38-36-102-34-20-62(89)90)78-70(79-69)84-31-28-81(29-32-84)23-11-7-5-3-2-4-6-8-13-60(86)72-21-10-9-12-58(66(97)98)75-71(101)76-59(67(99)100)18-19-61(87)88/h14-17,57-59H,2-13,18-54H2,1H3,(H,72,86)(H,87,88)(H,89,90)(H,91,92)(H,93,94)(H,95,96)(H,97,98)(H,99,100)(H2,75,76,101)(H2,73,74,77,78,79)/t57?,58-,59-/m0/s1. The molecule has 2 aliphatic heterocycles. The van der Waals surface area contributed by atoms with E-state index in [-0.39, 0.29) is 70.5 Å². The van der Waals surface area contributed by atoms with Crippen molar-refractivity contribution in [3.63, 3.8) is 0 Å². The van der Waals surface area contributed by atoms with Gasteiger partial charge >= 0.3 is 47.8 Å². The molecule has 2 saturated heterocycles. The van der Waals surface area contributed by atoms with Gasteiger partial charge in [-0.1, -0.05) is 50.7 Å². The van der Waals surface area contributed by atoms with Crippen molar-refractivity contribution in [1.29, 1.82) is 0 Å². The summed E-state index contributed by atoms with van der Waals surface area (Å²) >= 11 is 0. The summed E-state index contributed by atoms with van der Waals surface area (Å²) in [5.41, 5.74) is 1.64. The van der Waals surface area contributed by atoms with E-state index in [1.54, 1.807) is 9.80 Å². The minimum absolute atomic E-state index is 0.0365. The van der Waals surface area contributed by atoms with Gasteiger partial charge in [-0.05, 0) is 76.2 Å². The average Bonchev–Trinajstić information content (AvgIpc) is 0.828. The molecule has 4 rings (SSSR count). The van der Waals surface area contributed by atoms with E-state index < -0.39 is 66.3 Å². The fourth-order valence-corrected chi connectivity index (χ4v) is 11.7. The molecule has 3 heterocycles. The maximum atomic E-state index is 12.5. The first-order valence-corrected chi connectivity index (χ1v) is 37.8. The monoisotopic (exact) mass is 1550 g/mol. The Hall–Kier alpha value is -7.86. The first kappa shape index (κ1) is 93.5. The number of piperazine rings is 1. The first-order valence-electron chi connectivity index (χ1n) is 37.8. The van der Waals surface area contributed by atoms with Crippen LogP contribution in [0.5, 0.6) is 0 Å². The van der Waals surface area contributed by atoms with Crippen LogP contribution in [-0.2, 0) is 82.7 Å². The molecule has 0 bridgehead atoms. The average molecular weight is 1550 g/mol. The number of anilines is 4. The number of hydrogen-bond acceptors (Lipinski definition) is 28. The van der Waals surface area contributed by atoms with Crippen molar-refractivity contribution >= 4 is 77.3 Å². The maximum Gasteiger partial charge on any atom is 0.326 e. The largest absolute Gasteiger partial charge is 0.481 e. The smallest absolute Gasteiger partial charge is 0.326 e. The number of amides is 3. The number of nitrogens with zero attached hydrogens (tertiary/aromatic N) is 9. The number of likely N-dealkylation sites (N-methyl/N-ethyl adjacent to an activating group) is 1. The van der Waals surface area contributed by atoms with Crippen LogP contribution in [0, 0.1) is 0 Å². The molecule has 0 radical (unpaired) electrons. The quantitative estimate of drug-likeness (QED) is 0.0419. The summed E-state index contributed by atoms with van der Waals surface area (Å²) in [6.45, 7) is 12.6. The van der Waals surface area contributed by atoms with E-state index in [0.717, 1.165) is 76.6 Å². The second-order valence-corrected chi connectivity index (χ2v) is 26.5. The van der Waals surface area contributed by atoms with E-state index in [0.29, 0.717) is 207 Å². The number of hydrogen-bond donors (Lipinski definition) is 12. The van der Waals surface area contributed by atoms with Crippen molar-refractivity contribution in [2.45, 2.75) is 121 Å². The number of carboxylic acid groups (broad SMARTS) is 7. The van der Waals surface area contributed by atoms with Crippen molar-refractivity contribution in [2.24, 2.45) is 0 Å². The third kappa shape index (κ3) is 47.1. The van der Waals surface area contributed by atoms with Gasteiger partial charge in [0.25, 0.3) is 0 Å². The third-order valence-electron chi connectivity index (χ3n) is 17.6. The lowest BCUT2D eigenvalue weighted by Gasteiger charge is -2.37. The number of unbranched alkanes of at least 4 members (excludes halogenated alkanes) is 8. The molecule has 0 aliphatic carbocycles. The number of rotatable bonds is 62. The second kappa shape index (κ2) is 58.1. The number of carbonyl (C=O) groups is 9. The summed E-state index contributed by atoms with van der Waals surface area (Å²) in [6, 6.07) is 3.63. The van der Waals surface area contributed by atoms with Gasteiger partial charge in [0, 0.05) is 110 Å². The minimum atomic E-state index is -1.50. The van der Waals surface area contributed by atoms with Gasteiger partial charge in [0.1, 0.15) is 12.1 Å². The minimum Gasteiger partial charge on any atom is -0.481 e. The van der Waals surface area contributed by atoms with Gasteiger partial charge in [-0.2, -0.15) is 15.0 Å². The molecule has 1 aromatic heterocycles. The third-order valence-corrected chi connectivity index (χ3v) is 17.6. The van der Waals surface area contributed by atoms with Crippen LogP contribution in [-0.4, -0.2) is 371 Å². The molecule has 0 saturated carbocycles. The lowest BCUT2D eigenvalue weighted by Crippen LogP contribution is -2.52. The maximum absolute atomic E-state index is 12.5. The van der Waals surface area contributed by atoms with Crippen molar-refractivity contribution < 1.29 is 117 Å². The number of carbonyl (C=O) groups excluding carboxylic acids is 2. The summed E-state index contributed by atoms with van der Waals surface area (Å²) < 4.78 is 44.2. The van der Waals surface area contributed by atoms with Crippen molar-refractivity contribution in [1.82, 2.24) is 55.4 Å². The number of urea groups is 1. The van der Waals surface area contributed by atoms with Crippen LogP contribution in [0.25, 0.3) is 0 Å². The first-order chi connectivity index (χ1) is 52.6. The molecule has 38 nitrogen and oxygen atoms in total. The van der Waals surface area contributed by atoms with Gasteiger partial charge in [-0.15, -0.1) is 0 Å². The van der Waals surface area contributed by atoms with Gasteiger partial charge in [0.15, 0.2) is 0 Å². The lowest BCUT2D eigenvalue weighted by atomic mass is 10.0. The molecule has 3 amide bonds. The molecule has 618 valence electrons. The summed E-state index contributed by atoms with van der Waals surface area (Å²) in [5.74, 6) is -6.81. The zero-order chi connectivity index (χ0) is 79.1. The van der Waals surface area contributed by atoms with Crippen LogP contribution in [0.1, 0.15) is 102 Å². The van der Waals surface area contributed by atoms with E-state index >= 15 is 0 Å². The topological polar surface area (TPSA) is 487 Å². The number of carboxylic acids is 7. The van der Waals surface area contributed by atoms with E-state index in [4.69, 9.17) is 63.1 Å². The molecule has 1 unspecified atom stereocenters. The van der Waals surface area contributed by atoms with Gasteiger partial charge < -0.3 is 110 Å². The molecule has 38 heteroatoms. The number of benzene rings is 1. The molecular weight excluding hydrogens is 1430 g/mol. The Kier molecular flexibility index (Phi) is 49.9. The number of aromatic nitrogens is 3. The highest BCUT2D eigenvalue weighted by atomic mass is 16.6. The molecular formula is C71H120N14O24. The highest BCUT2D eigenvalue weighted by Gasteiger charge is 2.28. The molecule has 109 heavy (non-hydrogen) atoms. The summed E-state index contributed by atoms with van der Waals surface area (Å²) in [6.07, 6.45) is 8.98.